The fourth-order valence-electron chi connectivity index (χ4n) is 2.97. The number of carboxylic acid groups (broad SMARTS) is 1. The Hall–Kier alpha value is -1.16. The molecule has 4 heteroatoms. The van der Waals surface area contributed by atoms with Gasteiger partial charge in [0.25, 0.3) is 0 Å². The Morgan fingerprint density at radius 3 is 2.11 bits per heavy atom. The van der Waals surface area contributed by atoms with Gasteiger partial charge in [0, 0.05) is 10.1 Å². The molecule has 3 atom stereocenters. The molecular formula is C15H20O3S. The van der Waals surface area contributed by atoms with Crippen LogP contribution in [0.3, 0.4) is 0 Å². The maximum atomic E-state index is 12.5. The van der Waals surface area contributed by atoms with Crippen LogP contribution in [0, 0.1) is 11.8 Å². The Kier molecular flexibility index (Phi) is 4.40. The first-order valence-electron chi connectivity index (χ1n) is 6.71. The van der Waals surface area contributed by atoms with Gasteiger partial charge in [-0.3, -0.25) is 4.21 Å². The first kappa shape index (κ1) is 14.3. The Bertz CT molecular complexity index is 471. The summed E-state index contributed by atoms with van der Waals surface area (Å²) in [7, 11) is -1.03. The van der Waals surface area contributed by atoms with Crippen molar-refractivity contribution in [3.8, 4) is 0 Å². The molecule has 0 amide bonds. The highest BCUT2D eigenvalue weighted by Gasteiger charge is 2.28. The smallest absolute Gasteiger partial charge is 0.335 e. The van der Waals surface area contributed by atoms with E-state index in [0.29, 0.717) is 11.8 Å². The van der Waals surface area contributed by atoms with Crippen LogP contribution in [0.4, 0.5) is 0 Å². The van der Waals surface area contributed by atoms with E-state index >= 15 is 0 Å². The van der Waals surface area contributed by atoms with Gasteiger partial charge in [0.15, 0.2) is 0 Å². The summed E-state index contributed by atoms with van der Waals surface area (Å²) in [5.41, 5.74) is 0.242. The van der Waals surface area contributed by atoms with E-state index in [2.05, 4.69) is 13.8 Å². The zero-order valence-electron chi connectivity index (χ0n) is 11.3. The number of benzene rings is 1. The molecule has 1 aromatic rings. The predicted octanol–water partition coefficient (Wildman–Crippen LogP) is 3.32. The molecule has 0 aliphatic heterocycles. The number of carboxylic acids is 1. The summed E-state index contributed by atoms with van der Waals surface area (Å²) in [6.07, 6.45) is 3.21. The van der Waals surface area contributed by atoms with Gasteiger partial charge in [0.05, 0.1) is 16.4 Å². The first-order valence-corrected chi connectivity index (χ1v) is 7.92. The van der Waals surface area contributed by atoms with E-state index < -0.39 is 16.8 Å². The van der Waals surface area contributed by atoms with Gasteiger partial charge < -0.3 is 5.11 Å². The van der Waals surface area contributed by atoms with E-state index in [1.165, 1.54) is 18.6 Å². The molecule has 1 N–H and O–H groups in total. The minimum Gasteiger partial charge on any atom is -0.478 e. The number of carbonyl (C=O) groups is 1. The zero-order valence-corrected chi connectivity index (χ0v) is 12.2. The summed E-state index contributed by atoms with van der Waals surface area (Å²) in [5.74, 6) is 0.296. The average molecular weight is 280 g/mol. The molecule has 0 heterocycles. The van der Waals surface area contributed by atoms with Crippen molar-refractivity contribution in [2.45, 2.75) is 43.3 Å². The normalized spacial score (nSPS) is 28.8. The standard InChI is InChI=1S/C15H20O3S/c1-10-7-11(2)9-14(8-10)19(18)13-5-3-12(4-6-13)15(16)17/h3-6,10-11,14H,7-9H2,1-2H3,(H,16,17). The van der Waals surface area contributed by atoms with Crippen LogP contribution in [-0.4, -0.2) is 20.5 Å². The third kappa shape index (κ3) is 3.44. The maximum Gasteiger partial charge on any atom is 0.335 e. The fourth-order valence-corrected chi connectivity index (χ4v) is 4.77. The van der Waals surface area contributed by atoms with Crippen LogP contribution in [0.15, 0.2) is 29.2 Å². The summed E-state index contributed by atoms with van der Waals surface area (Å²) in [6.45, 7) is 4.43. The fraction of sp³-hybridized carbons (Fsp3) is 0.533. The minimum atomic E-state index is -1.03. The molecule has 0 radical (unpaired) electrons. The lowest BCUT2D eigenvalue weighted by molar-refractivity contribution is 0.0697. The highest BCUT2D eigenvalue weighted by Crippen LogP contribution is 2.33. The second-order valence-electron chi connectivity index (χ2n) is 5.67. The van der Waals surface area contributed by atoms with Gasteiger partial charge in [-0.05, 0) is 55.4 Å². The van der Waals surface area contributed by atoms with Gasteiger partial charge in [-0.15, -0.1) is 0 Å². The topological polar surface area (TPSA) is 54.4 Å². The van der Waals surface area contributed by atoms with Crippen LogP contribution in [0.5, 0.6) is 0 Å². The molecule has 104 valence electrons. The van der Waals surface area contributed by atoms with Gasteiger partial charge in [0.1, 0.15) is 0 Å². The molecule has 3 nitrogen and oxygen atoms in total. The lowest BCUT2D eigenvalue weighted by atomic mass is 9.83. The Balaban J connectivity index is 2.12. The molecule has 1 fully saturated rings. The van der Waals surface area contributed by atoms with Crippen molar-refractivity contribution < 1.29 is 14.1 Å². The van der Waals surface area contributed by atoms with E-state index in [1.54, 1.807) is 12.1 Å². The first-order chi connectivity index (χ1) is 8.97. The van der Waals surface area contributed by atoms with E-state index in [4.69, 9.17) is 5.11 Å². The van der Waals surface area contributed by atoms with Crippen LogP contribution in [0.2, 0.25) is 0 Å². The summed E-state index contributed by atoms with van der Waals surface area (Å²) in [5, 5.41) is 9.06. The van der Waals surface area contributed by atoms with E-state index in [1.807, 2.05) is 0 Å². The van der Waals surface area contributed by atoms with Crippen LogP contribution in [-0.2, 0) is 10.8 Å². The van der Waals surface area contributed by atoms with Crippen molar-refractivity contribution in [3.05, 3.63) is 29.8 Å². The van der Waals surface area contributed by atoms with Gasteiger partial charge in [0.2, 0.25) is 0 Å². The highest BCUT2D eigenvalue weighted by molar-refractivity contribution is 7.85. The van der Waals surface area contributed by atoms with Crippen LogP contribution in [0.25, 0.3) is 0 Å². The number of rotatable bonds is 3. The molecule has 1 aliphatic rings. The molecule has 0 bridgehead atoms. The van der Waals surface area contributed by atoms with Gasteiger partial charge in [-0.2, -0.15) is 0 Å². The number of aromatic carboxylic acids is 1. The van der Waals surface area contributed by atoms with Crippen LogP contribution in [0.1, 0.15) is 43.5 Å². The SMILES string of the molecule is CC1CC(C)CC(S(=O)c2ccc(C(=O)O)cc2)C1. The predicted molar refractivity (Wildman–Crippen MR) is 75.8 cm³/mol. The average Bonchev–Trinajstić information content (AvgIpc) is 2.37. The van der Waals surface area contributed by atoms with Crippen molar-refractivity contribution in [2.75, 3.05) is 0 Å². The monoisotopic (exact) mass is 280 g/mol. The molecular weight excluding hydrogens is 260 g/mol. The Morgan fingerprint density at radius 2 is 1.63 bits per heavy atom. The summed E-state index contributed by atoms with van der Waals surface area (Å²) in [6, 6.07) is 6.43. The molecule has 1 aliphatic carbocycles. The minimum absolute atomic E-state index is 0.203. The zero-order chi connectivity index (χ0) is 14.0. The van der Waals surface area contributed by atoms with Crippen molar-refractivity contribution in [1.82, 2.24) is 0 Å². The highest BCUT2D eigenvalue weighted by atomic mass is 32.2. The lowest BCUT2D eigenvalue weighted by Gasteiger charge is -2.30. The second-order valence-corrected chi connectivity index (χ2v) is 7.40. The second kappa shape index (κ2) is 5.87. The molecule has 1 aromatic carbocycles. The number of hydrogen-bond donors (Lipinski definition) is 1. The number of hydrogen-bond acceptors (Lipinski definition) is 2. The van der Waals surface area contributed by atoms with Crippen molar-refractivity contribution in [1.29, 1.82) is 0 Å². The third-order valence-electron chi connectivity index (χ3n) is 3.77. The van der Waals surface area contributed by atoms with Crippen molar-refractivity contribution >= 4 is 16.8 Å². The Morgan fingerprint density at radius 1 is 1.11 bits per heavy atom. The van der Waals surface area contributed by atoms with Gasteiger partial charge >= 0.3 is 5.97 Å². The van der Waals surface area contributed by atoms with Crippen molar-refractivity contribution in [3.63, 3.8) is 0 Å². The molecule has 1 saturated carbocycles. The third-order valence-corrected chi connectivity index (χ3v) is 5.50. The Labute approximate surface area is 116 Å². The van der Waals surface area contributed by atoms with E-state index in [9.17, 15) is 9.00 Å². The van der Waals surface area contributed by atoms with Crippen LogP contribution < -0.4 is 0 Å². The summed E-state index contributed by atoms with van der Waals surface area (Å²) < 4.78 is 12.5. The largest absolute Gasteiger partial charge is 0.478 e. The van der Waals surface area contributed by atoms with Gasteiger partial charge in [-0.25, -0.2) is 4.79 Å². The van der Waals surface area contributed by atoms with Crippen molar-refractivity contribution in [2.24, 2.45) is 11.8 Å². The quantitative estimate of drug-likeness (QED) is 0.924. The summed E-state index contributed by atoms with van der Waals surface area (Å²) >= 11 is 0. The molecule has 0 saturated heterocycles. The summed E-state index contributed by atoms with van der Waals surface area (Å²) in [4.78, 5) is 11.5. The molecule has 0 spiro atoms. The maximum absolute atomic E-state index is 12.5. The van der Waals surface area contributed by atoms with E-state index in [0.717, 1.165) is 17.7 Å². The van der Waals surface area contributed by atoms with Gasteiger partial charge in [-0.1, -0.05) is 13.8 Å². The van der Waals surface area contributed by atoms with Crippen LogP contribution >= 0.6 is 0 Å². The molecule has 2 rings (SSSR count). The van der Waals surface area contributed by atoms with E-state index in [-0.39, 0.29) is 10.8 Å². The molecule has 19 heavy (non-hydrogen) atoms. The molecule has 0 aromatic heterocycles. The molecule has 3 unspecified atom stereocenters. The lowest BCUT2D eigenvalue weighted by Crippen LogP contribution is -2.27.